The van der Waals surface area contributed by atoms with Crippen LogP contribution < -0.4 is 4.90 Å². The fourth-order valence-electron chi connectivity index (χ4n) is 3.41. The molecule has 0 aliphatic carbocycles. The number of rotatable bonds is 3. The summed E-state index contributed by atoms with van der Waals surface area (Å²) in [7, 11) is 1.30. The molecule has 29 heavy (non-hydrogen) atoms. The molecule has 6 nitrogen and oxygen atoms in total. The second kappa shape index (κ2) is 7.75. The molecule has 7 heteroatoms. The van der Waals surface area contributed by atoms with Gasteiger partial charge in [0.05, 0.1) is 18.5 Å². The summed E-state index contributed by atoms with van der Waals surface area (Å²) in [6.07, 6.45) is 0. The van der Waals surface area contributed by atoms with E-state index in [1.165, 1.54) is 17.9 Å². The molecule has 0 N–H and O–H groups in total. The molecule has 0 bridgehead atoms. The van der Waals surface area contributed by atoms with Gasteiger partial charge in [-0.2, -0.15) is 5.10 Å². The van der Waals surface area contributed by atoms with E-state index in [-0.39, 0.29) is 22.9 Å². The maximum absolute atomic E-state index is 13.7. The number of amides is 1. The third-order valence-electron chi connectivity index (χ3n) is 5.07. The van der Waals surface area contributed by atoms with Crippen LogP contribution in [-0.2, 0) is 4.74 Å². The molecule has 4 rings (SSSR count). The maximum atomic E-state index is 13.7. The minimum Gasteiger partial charge on any atom is -0.464 e. The number of esters is 1. The standard InChI is InChI=1S/C22H21N3O3S/c1-14-15(2)29-20-12-8-7-11-18(20)24(14)21(26)19-13-17(22(27)28-3)23-25(19)16-9-5-4-6-10-16/h4-15H,1-3H3/t14-,15-/m0/s1. The highest BCUT2D eigenvalue weighted by Crippen LogP contribution is 2.42. The molecule has 2 atom stereocenters. The zero-order chi connectivity index (χ0) is 20.5. The van der Waals surface area contributed by atoms with Crippen LogP contribution in [-0.4, -0.2) is 40.1 Å². The van der Waals surface area contributed by atoms with Crippen molar-refractivity contribution in [3.63, 3.8) is 0 Å². The number of thioether (sulfide) groups is 1. The van der Waals surface area contributed by atoms with Gasteiger partial charge < -0.3 is 9.64 Å². The minimum atomic E-state index is -0.579. The average molecular weight is 407 g/mol. The van der Waals surface area contributed by atoms with Crippen molar-refractivity contribution < 1.29 is 14.3 Å². The van der Waals surface area contributed by atoms with E-state index in [2.05, 4.69) is 12.0 Å². The lowest BCUT2D eigenvalue weighted by atomic mass is 10.1. The number of anilines is 1. The molecule has 1 aromatic heterocycles. The van der Waals surface area contributed by atoms with Crippen molar-refractivity contribution >= 4 is 29.3 Å². The molecule has 1 aliphatic rings. The fraction of sp³-hybridized carbons (Fsp3) is 0.227. The van der Waals surface area contributed by atoms with Gasteiger partial charge in [-0.3, -0.25) is 4.79 Å². The highest BCUT2D eigenvalue weighted by molar-refractivity contribution is 8.00. The van der Waals surface area contributed by atoms with Gasteiger partial charge in [0.15, 0.2) is 5.69 Å². The van der Waals surface area contributed by atoms with Crippen LogP contribution >= 0.6 is 11.8 Å². The predicted molar refractivity (Wildman–Crippen MR) is 113 cm³/mol. The van der Waals surface area contributed by atoms with Gasteiger partial charge in [0, 0.05) is 22.3 Å². The van der Waals surface area contributed by atoms with Gasteiger partial charge in [-0.1, -0.05) is 37.3 Å². The summed E-state index contributed by atoms with van der Waals surface area (Å²) in [5.74, 6) is -0.784. The maximum Gasteiger partial charge on any atom is 0.358 e. The molecule has 0 saturated heterocycles. The molecular formula is C22H21N3O3S. The molecule has 0 fully saturated rings. The van der Waals surface area contributed by atoms with E-state index >= 15 is 0 Å². The quantitative estimate of drug-likeness (QED) is 0.609. The number of benzene rings is 2. The number of ether oxygens (including phenoxy) is 1. The number of fused-ring (bicyclic) bond motifs is 1. The first-order valence-corrected chi connectivity index (χ1v) is 10.2. The molecule has 148 valence electrons. The molecule has 0 spiro atoms. The summed E-state index contributed by atoms with van der Waals surface area (Å²) in [4.78, 5) is 28.7. The van der Waals surface area contributed by atoms with Gasteiger partial charge in [-0.25, -0.2) is 9.48 Å². The first-order chi connectivity index (χ1) is 14.0. The summed E-state index contributed by atoms with van der Waals surface area (Å²) < 4.78 is 6.33. The topological polar surface area (TPSA) is 64.4 Å². The Labute approximate surface area is 173 Å². The largest absolute Gasteiger partial charge is 0.464 e. The molecule has 2 heterocycles. The van der Waals surface area contributed by atoms with E-state index in [1.807, 2.05) is 61.5 Å². The Morgan fingerprint density at radius 2 is 1.72 bits per heavy atom. The molecule has 2 aromatic carbocycles. The van der Waals surface area contributed by atoms with Crippen LogP contribution in [0.3, 0.4) is 0 Å². The van der Waals surface area contributed by atoms with Crippen LogP contribution in [0.5, 0.6) is 0 Å². The number of hydrogen-bond acceptors (Lipinski definition) is 5. The summed E-state index contributed by atoms with van der Waals surface area (Å²) in [5, 5.41) is 4.58. The molecular weight excluding hydrogens is 386 g/mol. The average Bonchev–Trinajstić information content (AvgIpc) is 3.20. The Balaban J connectivity index is 1.85. The number of methoxy groups -OCH3 is 1. The summed E-state index contributed by atoms with van der Waals surface area (Å²) in [6, 6.07) is 18.7. The lowest BCUT2D eigenvalue weighted by molar-refractivity contribution is 0.0593. The van der Waals surface area contributed by atoms with E-state index in [1.54, 1.807) is 16.7 Å². The van der Waals surface area contributed by atoms with E-state index < -0.39 is 5.97 Å². The first kappa shape index (κ1) is 19.3. The summed E-state index contributed by atoms with van der Waals surface area (Å²) in [6.45, 7) is 4.15. The van der Waals surface area contributed by atoms with Gasteiger partial charge in [0.1, 0.15) is 5.69 Å². The van der Waals surface area contributed by atoms with Crippen molar-refractivity contribution in [3.05, 3.63) is 72.1 Å². The smallest absolute Gasteiger partial charge is 0.358 e. The Morgan fingerprint density at radius 1 is 1.03 bits per heavy atom. The van der Waals surface area contributed by atoms with E-state index in [4.69, 9.17) is 4.74 Å². The molecule has 0 unspecified atom stereocenters. The number of carbonyl (C=O) groups is 2. The van der Waals surface area contributed by atoms with Gasteiger partial charge in [0.2, 0.25) is 0 Å². The summed E-state index contributed by atoms with van der Waals surface area (Å²) >= 11 is 1.76. The van der Waals surface area contributed by atoms with Crippen LogP contribution in [0.4, 0.5) is 5.69 Å². The van der Waals surface area contributed by atoms with Gasteiger partial charge in [-0.05, 0) is 31.2 Å². The molecule has 1 amide bonds. The molecule has 0 radical (unpaired) electrons. The van der Waals surface area contributed by atoms with Crippen LogP contribution in [0.15, 0.2) is 65.6 Å². The van der Waals surface area contributed by atoms with E-state index in [0.29, 0.717) is 11.4 Å². The summed E-state index contributed by atoms with van der Waals surface area (Å²) in [5.41, 5.74) is 1.98. The number of carbonyl (C=O) groups excluding carboxylic acids is 2. The Bertz CT molecular complexity index is 1060. The number of hydrogen-bond donors (Lipinski definition) is 0. The van der Waals surface area contributed by atoms with Crippen LogP contribution in [0.1, 0.15) is 34.8 Å². The van der Waals surface area contributed by atoms with E-state index in [0.717, 1.165) is 10.6 Å². The highest BCUT2D eigenvalue weighted by Gasteiger charge is 2.35. The molecule has 3 aromatic rings. The number of aromatic nitrogens is 2. The molecule has 0 saturated carbocycles. The third kappa shape index (κ3) is 3.42. The van der Waals surface area contributed by atoms with Crippen LogP contribution in [0.2, 0.25) is 0 Å². The second-order valence-corrected chi connectivity index (χ2v) is 8.28. The normalized spacial score (nSPS) is 18.2. The lowest BCUT2D eigenvalue weighted by Gasteiger charge is -2.38. The minimum absolute atomic E-state index is 0.0249. The Morgan fingerprint density at radius 3 is 2.45 bits per heavy atom. The SMILES string of the molecule is COC(=O)c1cc(C(=O)N2c3ccccc3S[C@@H](C)[C@@H]2C)n(-c2ccccc2)n1. The van der Waals surface area contributed by atoms with Crippen LogP contribution in [0.25, 0.3) is 5.69 Å². The van der Waals surface area contributed by atoms with Crippen molar-refractivity contribution in [2.24, 2.45) is 0 Å². The Kier molecular flexibility index (Phi) is 5.15. The van der Waals surface area contributed by atoms with E-state index in [9.17, 15) is 9.59 Å². The highest BCUT2D eigenvalue weighted by atomic mass is 32.2. The van der Waals surface area contributed by atoms with Crippen molar-refractivity contribution in [1.82, 2.24) is 9.78 Å². The molecule has 1 aliphatic heterocycles. The zero-order valence-electron chi connectivity index (χ0n) is 16.4. The lowest BCUT2D eigenvalue weighted by Crippen LogP contribution is -2.46. The Hall–Kier alpha value is -3.06. The zero-order valence-corrected chi connectivity index (χ0v) is 17.2. The van der Waals surface area contributed by atoms with Crippen molar-refractivity contribution in [2.75, 3.05) is 12.0 Å². The monoisotopic (exact) mass is 407 g/mol. The predicted octanol–water partition coefficient (Wildman–Crippen LogP) is 4.19. The third-order valence-corrected chi connectivity index (χ3v) is 6.43. The van der Waals surface area contributed by atoms with Crippen molar-refractivity contribution in [3.8, 4) is 5.69 Å². The number of para-hydroxylation sites is 2. The first-order valence-electron chi connectivity index (χ1n) is 9.34. The van der Waals surface area contributed by atoms with Gasteiger partial charge in [-0.15, -0.1) is 11.8 Å². The van der Waals surface area contributed by atoms with Crippen molar-refractivity contribution in [2.45, 2.75) is 30.0 Å². The fourth-order valence-corrected chi connectivity index (χ4v) is 4.57. The second-order valence-electron chi connectivity index (χ2n) is 6.86. The van der Waals surface area contributed by atoms with Gasteiger partial charge in [0.25, 0.3) is 5.91 Å². The van der Waals surface area contributed by atoms with Gasteiger partial charge >= 0.3 is 5.97 Å². The van der Waals surface area contributed by atoms with Crippen LogP contribution in [0, 0.1) is 0 Å². The number of nitrogens with zero attached hydrogens (tertiary/aromatic N) is 3. The van der Waals surface area contributed by atoms with Crippen molar-refractivity contribution in [1.29, 1.82) is 0 Å².